The number of aromatic nitrogens is 2. The van der Waals surface area contributed by atoms with Gasteiger partial charge < -0.3 is 15.4 Å². The van der Waals surface area contributed by atoms with Crippen LogP contribution in [-0.2, 0) is 6.42 Å². The number of benzene rings is 1. The molecule has 0 bridgehead atoms. The zero-order valence-electron chi connectivity index (χ0n) is 9.24. The Balaban J connectivity index is 2.35. The zero-order valence-corrected chi connectivity index (χ0v) is 9.24. The van der Waals surface area contributed by atoms with E-state index in [1.807, 2.05) is 0 Å². The van der Waals surface area contributed by atoms with E-state index in [0.717, 1.165) is 0 Å². The second-order valence-corrected chi connectivity index (χ2v) is 3.52. The maximum absolute atomic E-state index is 10.6. The van der Waals surface area contributed by atoms with E-state index in [-0.39, 0.29) is 30.3 Å². The van der Waals surface area contributed by atoms with Crippen LogP contribution in [0.2, 0.25) is 0 Å². The van der Waals surface area contributed by atoms with Crippen LogP contribution in [0.15, 0.2) is 22.7 Å². The van der Waals surface area contributed by atoms with Gasteiger partial charge in [0.05, 0.1) is 22.8 Å². The molecule has 0 saturated heterocycles. The Morgan fingerprint density at radius 1 is 1.50 bits per heavy atom. The largest absolute Gasteiger partial charge is 0.398 e. The summed E-state index contributed by atoms with van der Waals surface area (Å²) < 4.78 is 4.96. The minimum Gasteiger partial charge on any atom is -0.398 e. The quantitative estimate of drug-likeness (QED) is 0.465. The molecule has 94 valence electrons. The predicted octanol–water partition coefficient (Wildman–Crippen LogP) is 0.762. The number of non-ortho nitro benzene ring substituents is 1. The lowest BCUT2D eigenvalue weighted by Gasteiger charge is -1.99. The van der Waals surface area contributed by atoms with Crippen molar-refractivity contribution in [2.75, 3.05) is 12.3 Å². The van der Waals surface area contributed by atoms with Crippen LogP contribution in [0.3, 0.4) is 0 Å². The highest BCUT2D eigenvalue weighted by Crippen LogP contribution is 2.27. The fourth-order valence-corrected chi connectivity index (χ4v) is 1.42. The van der Waals surface area contributed by atoms with E-state index < -0.39 is 4.92 Å². The van der Waals surface area contributed by atoms with Crippen molar-refractivity contribution in [1.29, 1.82) is 0 Å². The van der Waals surface area contributed by atoms with Crippen molar-refractivity contribution in [2.45, 2.75) is 6.42 Å². The predicted molar refractivity (Wildman–Crippen MR) is 61.6 cm³/mol. The monoisotopic (exact) mass is 250 g/mol. The van der Waals surface area contributed by atoms with Crippen LogP contribution >= 0.6 is 0 Å². The van der Waals surface area contributed by atoms with Gasteiger partial charge in [-0.3, -0.25) is 10.1 Å². The van der Waals surface area contributed by atoms with E-state index >= 15 is 0 Å². The van der Waals surface area contributed by atoms with Crippen LogP contribution < -0.4 is 5.73 Å². The standard InChI is InChI=1S/C10H10N4O4/c11-8-5-6(14(16)17)1-2-7(8)10-12-9(3-4-15)13-18-10/h1-2,5,15H,3-4,11H2. The van der Waals surface area contributed by atoms with Crippen molar-refractivity contribution in [3.05, 3.63) is 34.1 Å². The highest BCUT2D eigenvalue weighted by Gasteiger charge is 2.15. The van der Waals surface area contributed by atoms with Gasteiger partial charge in [0, 0.05) is 18.6 Å². The van der Waals surface area contributed by atoms with E-state index in [4.69, 9.17) is 15.4 Å². The molecule has 3 N–H and O–H groups in total. The van der Waals surface area contributed by atoms with Crippen molar-refractivity contribution in [3.8, 4) is 11.5 Å². The highest BCUT2D eigenvalue weighted by atomic mass is 16.6. The molecule has 0 atom stereocenters. The number of aliphatic hydroxyl groups is 1. The van der Waals surface area contributed by atoms with E-state index in [2.05, 4.69) is 10.1 Å². The second kappa shape index (κ2) is 4.80. The number of anilines is 1. The molecule has 8 nitrogen and oxygen atoms in total. The summed E-state index contributed by atoms with van der Waals surface area (Å²) in [6.45, 7) is -0.0886. The van der Waals surface area contributed by atoms with Crippen LogP contribution in [0.4, 0.5) is 11.4 Å². The lowest BCUT2D eigenvalue weighted by atomic mass is 10.1. The summed E-state index contributed by atoms with van der Waals surface area (Å²) in [6.07, 6.45) is 0.274. The summed E-state index contributed by atoms with van der Waals surface area (Å²) in [5, 5.41) is 22.9. The van der Waals surface area contributed by atoms with E-state index in [9.17, 15) is 10.1 Å². The molecule has 0 fully saturated rings. The minimum absolute atomic E-state index is 0.0886. The molecule has 0 aliphatic carbocycles. The first-order valence-electron chi connectivity index (χ1n) is 5.09. The number of rotatable bonds is 4. The molecule has 0 spiro atoms. The number of hydrogen-bond donors (Lipinski definition) is 2. The van der Waals surface area contributed by atoms with Crippen LogP contribution in [-0.4, -0.2) is 26.8 Å². The van der Waals surface area contributed by atoms with Gasteiger partial charge in [0.2, 0.25) is 0 Å². The zero-order chi connectivity index (χ0) is 13.1. The number of aliphatic hydroxyl groups excluding tert-OH is 1. The van der Waals surface area contributed by atoms with E-state index in [1.54, 1.807) is 0 Å². The van der Waals surface area contributed by atoms with Crippen molar-refractivity contribution < 1.29 is 14.6 Å². The average molecular weight is 250 g/mol. The summed E-state index contributed by atoms with van der Waals surface area (Å²) in [6, 6.07) is 3.98. The Labute approximate surface area is 101 Å². The van der Waals surface area contributed by atoms with Crippen LogP contribution in [0.1, 0.15) is 5.82 Å². The molecule has 2 rings (SSSR count). The normalized spacial score (nSPS) is 10.5. The van der Waals surface area contributed by atoms with Gasteiger partial charge in [-0.25, -0.2) is 0 Å². The highest BCUT2D eigenvalue weighted by molar-refractivity contribution is 5.72. The molecule has 1 heterocycles. The summed E-state index contributed by atoms with van der Waals surface area (Å²) in [5.41, 5.74) is 6.20. The number of nitro benzene ring substituents is 1. The minimum atomic E-state index is -0.537. The van der Waals surface area contributed by atoms with Gasteiger partial charge in [-0.15, -0.1) is 0 Å². The number of nitrogen functional groups attached to an aromatic ring is 1. The van der Waals surface area contributed by atoms with Crippen molar-refractivity contribution in [1.82, 2.24) is 10.1 Å². The number of nitrogens with two attached hydrogens (primary N) is 1. The summed E-state index contributed by atoms with van der Waals surface area (Å²) >= 11 is 0. The van der Waals surface area contributed by atoms with Gasteiger partial charge in [-0.05, 0) is 6.07 Å². The third-order valence-electron chi connectivity index (χ3n) is 2.28. The molecule has 0 saturated carbocycles. The SMILES string of the molecule is Nc1cc([N+](=O)[O-])ccc1-c1nc(CCO)no1. The third kappa shape index (κ3) is 2.28. The number of nitro groups is 1. The Hall–Kier alpha value is -2.48. The molecule has 0 radical (unpaired) electrons. The maximum Gasteiger partial charge on any atom is 0.271 e. The van der Waals surface area contributed by atoms with E-state index in [1.165, 1.54) is 18.2 Å². The Morgan fingerprint density at radius 2 is 2.28 bits per heavy atom. The van der Waals surface area contributed by atoms with Crippen molar-refractivity contribution in [2.24, 2.45) is 0 Å². The van der Waals surface area contributed by atoms with Gasteiger partial charge in [0.1, 0.15) is 0 Å². The summed E-state index contributed by atoms with van der Waals surface area (Å²) in [7, 11) is 0. The molecule has 1 aromatic heterocycles. The first-order chi connectivity index (χ1) is 8.61. The summed E-state index contributed by atoms with van der Waals surface area (Å²) in [4.78, 5) is 14.0. The molecule has 1 aromatic carbocycles. The lowest BCUT2D eigenvalue weighted by Crippen LogP contribution is -1.95. The van der Waals surface area contributed by atoms with Crippen molar-refractivity contribution >= 4 is 11.4 Å². The molecule has 0 aliphatic rings. The van der Waals surface area contributed by atoms with Crippen LogP contribution in [0.5, 0.6) is 0 Å². The van der Waals surface area contributed by atoms with Crippen LogP contribution in [0.25, 0.3) is 11.5 Å². The Morgan fingerprint density at radius 3 is 2.89 bits per heavy atom. The van der Waals surface area contributed by atoms with Crippen molar-refractivity contribution in [3.63, 3.8) is 0 Å². The first kappa shape index (κ1) is 12.0. The Bertz CT molecular complexity index is 581. The Kier molecular flexibility index (Phi) is 3.20. The average Bonchev–Trinajstić information content (AvgIpc) is 2.77. The second-order valence-electron chi connectivity index (χ2n) is 3.52. The third-order valence-corrected chi connectivity index (χ3v) is 2.28. The maximum atomic E-state index is 10.6. The van der Waals surface area contributed by atoms with Gasteiger partial charge in [-0.2, -0.15) is 4.98 Å². The fraction of sp³-hybridized carbons (Fsp3) is 0.200. The molecule has 0 unspecified atom stereocenters. The van der Waals surface area contributed by atoms with Gasteiger partial charge in [0.25, 0.3) is 11.6 Å². The molecular weight excluding hydrogens is 240 g/mol. The molecule has 2 aromatic rings. The molecule has 0 amide bonds. The lowest BCUT2D eigenvalue weighted by molar-refractivity contribution is -0.384. The molecule has 0 aliphatic heterocycles. The molecule has 18 heavy (non-hydrogen) atoms. The number of nitrogens with zero attached hydrogens (tertiary/aromatic N) is 3. The fourth-order valence-electron chi connectivity index (χ4n) is 1.42. The smallest absolute Gasteiger partial charge is 0.271 e. The number of hydrogen-bond acceptors (Lipinski definition) is 7. The molecule has 8 heteroatoms. The first-order valence-corrected chi connectivity index (χ1v) is 5.09. The van der Waals surface area contributed by atoms with Crippen LogP contribution in [0, 0.1) is 10.1 Å². The van der Waals surface area contributed by atoms with E-state index in [0.29, 0.717) is 11.4 Å². The van der Waals surface area contributed by atoms with Gasteiger partial charge >= 0.3 is 0 Å². The van der Waals surface area contributed by atoms with Gasteiger partial charge in [0.15, 0.2) is 5.82 Å². The topological polar surface area (TPSA) is 128 Å². The molecular formula is C10H10N4O4. The van der Waals surface area contributed by atoms with Gasteiger partial charge in [-0.1, -0.05) is 5.16 Å². The summed E-state index contributed by atoms with van der Waals surface area (Å²) in [5.74, 6) is 0.524.